The first-order chi connectivity index (χ1) is 4.46. The van der Waals surface area contributed by atoms with Crippen molar-refractivity contribution in [2.24, 2.45) is 0 Å². The molecule has 5 heteroatoms. The van der Waals surface area contributed by atoms with Gasteiger partial charge in [0.1, 0.15) is 0 Å². The van der Waals surface area contributed by atoms with Crippen LogP contribution >= 0.6 is 22.6 Å². The van der Waals surface area contributed by atoms with Gasteiger partial charge in [-0.1, -0.05) is 22.6 Å². The molecular formula is C5H9F2IN2. The molecule has 1 unspecified atom stereocenters. The van der Waals surface area contributed by atoms with Crippen LogP contribution in [-0.4, -0.2) is 40.7 Å². The molecule has 1 aliphatic heterocycles. The summed E-state index contributed by atoms with van der Waals surface area (Å²) in [7, 11) is 2.86. The molecule has 0 amide bonds. The average Bonchev–Trinajstić information content (AvgIpc) is 1.97. The molecule has 1 heterocycles. The minimum atomic E-state index is -2.76. The second-order valence-corrected chi connectivity index (χ2v) is 3.87. The molecule has 0 saturated carbocycles. The van der Waals surface area contributed by atoms with E-state index in [-0.39, 0.29) is 4.05 Å². The Morgan fingerprint density at radius 1 is 1.50 bits per heavy atom. The molecule has 1 fully saturated rings. The zero-order chi connectivity index (χ0) is 7.94. The van der Waals surface area contributed by atoms with Crippen molar-refractivity contribution >= 4 is 22.6 Å². The third kappa shape index (κ3) is 1.14. The molecule has 0 spiro atoms. The van der Waals surface area contributed by atoms with Gasteiger partial charge in [0.15, 0.2) is 0 Å². The van der Waals surface area contributed by atoms with E-state index in [9.17, 15) is 8.78 Å². The molecule has 60 valence electrons. The van der Waals surface area contributed by atoms with Gasteiger partial charge >= 0.3 is 6.17 Å². The summed E-state index contributed by atoms with van der Waals surface area (Å²) in [6.07, 6.45) is -2.76. The molecule has 0 aromatic heterocycles. The van der Waals surface area contributed by atoms with Gasteiger partial charge in [-0.2, -0.15) is 8.78 Å². The van der Waals surface area contributed by atoms with Crippen molar-refractivity contribution in [1.29, 1.82) is 0 Å². The molecule has 10 heavy (non-hydrogen) atoms. The van der Waals surface area contributed by atoms with E-state index in [0.717, 1.165) is 9.80 Å². The molecule has 1 saturated heterocycles. The van der Waals surface area contributed by atoms with Gasteiger partial charge in [0.25, 0.3) is 0 Å². The summed E-state index contributed by atoms with van der Waals surface area (Å²) < 4.78 is 25.6. The molecule has 0 aromatic rings. The van der Waals surface area contributed by atoms with Crippen LogP contribution in [0.1, 0.15) is 0 Å². The lowest BCUT2D eigenvalue weighted by molar-refractivity contribution is -0.193. The molecule has 0 radical (unpaired) electrons. The maximum absolute atomic E-state index is 12.8. The Labute approximate surface area is 72.3 Å². The SMILES string of the molecule is CN1CC(I)N(C)C1(F)F. The van der Waals surface area contributed by atoms with Gasteiger partial charge in [-0.3, -0.25) is 0 Å². The molecule has 0 aromatic carbocycles. The second kappa shape index (κ2) is 2.53. The van der Waals surface area contributed by atoms with E-state index in [1.165, 1.54) is 14.1 Å². The van der Waals surface area contributed by atoms with E-state index in [1.54, 1.807) is 0 Å². The summed E-state index contributed by atoms with van der Waals surface area (Å²) in [5.41, 5.74) is 0. The number of likely N-dealkylation sites (N-methyl/N-ethyl adjacent to an activating group) is 2. The first kappa shape index (κ1) is 8.61. The minimum Gasteiger partial charge on any atom is -0.231 e. The van der Waals surface area contributed by atoms with Crippen molar-refractivity contribution in [3.8, 4) is 0 Å². The van der Waals surface area contributed by atoms with Crippen molar-refractivity contribution in [1.82, 2.24) is 9.80 Å². The second-order valence-electron chi connectivity index (χ2n) is 2.44. The molecule has 1 atom stereocenters. The Morgan fingerprint density at radius 2 is 2.00 bits per heavy atom. The zero-order valence-corrected chi connectivity index (χ0v) is 7.97. The van der Waals surface area contributed by atoms with Gasteiger partial charge in [0, 0.05) is 6.54 Å². The number of nitrogens with zero attached hydrogens (tertiary/aromatic N) is 2. The lowest BCUT2D eigenvalue weighted by Gasteiger charge is -2.23. The van der Waals surface area contributed by atoms with Gasteiger partial charge in [-0.25, -0.2) is 9.80 Å². The minimum absolute atomic E-state index is 0.0856. The van der Waals surface area contributed by atoms with Crippen molar-refractivity contribution < 1.29 is 8.78 Å². The quantitative estimate of drug-likeness (QED) is 0.367. The molecule has 2 nitrogen and oxygen atoms in total. The number of alkyl halides is 3. The van der Waals surface area contributed by atoms with Gasteiger partial charge in [-0.15, -0.1) is 0 Å². The lowest BCUT2D eigenvalue weighted by atomic mass is 10.6. The number of hydrogen-bond acceptors (Lipinski definition) is 2. The molecule has 1 aliphatic rings. The predicted octanol–water partition coefficient (Wildman–Crippen LogP) is 1.18. The summed E-state index contributed by atoms with van der Waals surface area (Å²) in [6.45, 7) is 0.421. The van der Waals surface area contributed by atoms with E-state index in [1.807, 2.05) is 22.6 Å². The average molecular weight is 262 g/mol. The summed E-state index contributed by atoms with van der Waals surface area (Å²) in [6, 6.07) is 0. The van der Waals surface area contributed by atoms with Crippen molar-refractivity contribution in [2.75, 3.05) is 20.6 Å². The fourth-order valence-electron chi connectivity index (χ4n) is 0.896. The molecule has 0 N–H and O–H groups in total. The van der Waals surface area contributed by atoms with Crippen molar-refractivity contribution in [2.45, 2.75) is 10.2 Å². The fraction of sp³-hybridized carbons (Fsp3) is 1.00. The van der Waals surface area contributed by atoms with Crippen molar-refractivity contribution in [3.63, 3.8) is 0 Å². The van der Waals surface area contributed by atoms with E-state index in [2.05, 4.69) is 0 Å². The van der Waals surface area contributed by atoms with Gasteiger partial charge in [-0.05, 0) is 14.1 Å². The third-order valence-electron chi connectivity index (χ3n) is 1.73. The van der Waals surface area contributed by atoms with Crippen LogP contribution in [0.3, 0.4) is 0 Å². The maximum atomic E-state index is 12.8. The van der Waals surface area contributed by atoms with Crippen LogP contribution in [-0.2, 0) is 0 Å². The highest BCUT2D eigenvalue weighted by Crippen LogP contribution is 2.33. The van der Waals surface area contributed by atoms with Gasteiger partial charge < -0.3 is 0 Å². The van der Waals surface area contributed by atoms with E-state index >= 15 is 0 Å². The van der Waals surface area contributed by atoms with Crippen LogP contribution in [0.15, 0.2) is 0 Å². The molecule has 0 bridgehead atoms. The first-order valence-electron chi connectivity index (χ1n) is 2.92. The Kier molecular flexibility index (Phi) is 2.17. The summed E-state index contributed by atoms with van der Waals surface area (Å²) in [4.78, 5) is 2.11. The summed E-state index contributed by atoms with van der Waals surface area (Å²) in [5, 5.41) is 0. The Morgan fingerprint density at radius 3 is 2.10 bits per heavy atom. The number of hydrogen-bond donors (Lipinski definition) is 0. The topological polar surface area (TPSA) is 6.48 Å². The van der Waals surface area contributed by atoms with Gasteiger partial charge in [0.2, 0.25) is 0 Å². The van der Waals surface area contributed by atoms with Crippen LogP contribution in [0.2, 0.25) is 0 Å². The number of halogens is 3. The van der Waals surface area contributed by atoms with Crippen LogP contribution in [0.4, 0.5) is 8.78 Å². The van der Waals surface area contributed by atoms with Crippen LogP contribution in [0.25, 0.3) is 0 Å². The molecule has 1 rings (SSSR count). The third-order valence-corrected chi connectivity index (χ3v) is 2.96. The lowest BCUT2D eigenvalue weighted by Crippen LogP contribution is -2.42. The monoisotopic (exact) mass is 262 g/mol. The fourth-order valence-corrected chi connectivity index (χ4v) is 1.82. The highest BCUT2D eigenvalue weighted by atomic mass is 127. The standard InChI is InChI=1S/C5H9F2IN2/c1-9-3-4(8)10(2)5(9,6)7/h4H,3H2,1-2H3. The summed E-state index contributed by atoms with van der Waals surface area (Å²) >= 11 is 2.00. The largest absolute Gasteiger partial charge is 0.370 e. The Bertz CT molecular complexity index is 142. The Hall–Kier alpha value is 0.510. The normalized spacial score (nSPS) is 35.1. The number of rotatable bonds is 0. The molecule has 0 aliphatic carbocycles. The zero-order valence-electron chi connectivity index (χ0n) is 5.81. The smallest absolute Gasteiger partial charge is 0.231 e. The first-order valence-corrected chi connectivity index (χ1v) is 4.17. The van der Waals surface area contributed by atoms with Crippen LogP contribution < -0.4 is 0 Å². The maximum Gasteiger partial charge on any atom is 0.370 e. The Balaban J connectivity index is 2.75. The van der Waals surface area contributed by atoms with E-state index in [4.69, 9.17) is 0 Å². The molecular weight excluding hydrogens is 253 g/mol. The van der Waals surface area contributed by atoms with E-state index < -0.39 is 6.17 Å². The van der Waals surface area contributed by atoms with Gasteiger partial charge in [0.05, 0.1) is 4.05 Å². The van der Waals surface area contributed by atoms with Crippen LogP contribution in [0, 0.1) is 0 Å². The van der Waals surface area contributed by atoms with Crippen LogP contribution in [0.5, 0.6) is 0 Å². The van der Waals surface area contributed by atoms with Crippen molar-refractivity contribution in [3.05, 3.63) is 0 Å². The highest BCUT2D eigenvalue weighted by Gasteiger charge is 2.48. The predicted molar refractivity (Wildman–Crippen MR) is 43.1 cm³/mol. The van der Waals surface area contributed by atoms with E-state index in [0.29, 0.717) is 6.54 Å². The highest BCUT2D eigenvalue weighted by molar-refractivity contribution is 14.1. The summed E-state index contributed by atoms with van der Waals surface area (Å²) in [5.74, 6) is 0.